The van der Waals surface area contributed by atoms with Crippen molar-refractivity contribution in [3.63, 3.8) is 0 Å². The predicted octanol–water partition coefficient (Wildman–Crippen LogP) is 1.77. The summed E-state index contributed by atoms with van der Waals surface area (Å²) in [6.07, 6.45) is 9.47. The minimum atomic E-state index is 0.162. The highest BCUT2D eigenvalue weighted by Gasteiger charge is 2.26. The summed E-state index contributed by atoms with van der Waals surface area (Å²) in [6.45, 7) is 3.93. The number of hydrogen-bond donors (Lipinski definition) is 0. The number of amides is 1. The van der Waals surface area contributed by atoms with Crippen molar-refractivity contribution in [1.29, 1.82) is 0 Å². The van der Waals surface area contributed by atoms with Gasteiger partial charge >= 0.3 is 0 Å². The molecule has 6 heteroatoms. The lowest BCUT2D eigenvalue weighted by Crippen LogP contribution is -2.40. The number of aromatic nitrogens is 2. The van der Waals surface area contributed by atoms with Crippen LogP contribution < -0.4 is 9.80 Å². The molecule has 126 valence electrons. The Morgan fingerprint density at radius 2 is 1.61 bits per heavy atom. The van der Waals surface area contributed by atoms with Crippen LogP contribution in [0, 0.1) is 5.92 Å². The molecule has 23 heavy (non-hydrogen) atoms. The van der Waals surface area contributed by atoms with Crippen LogP contribution in [0.1, 0.15) is 32.1 Å². The molecule has 6 nitrogen and oxygen atoms in total. The van der Waals surface area contributed by atoms with Gasteiger partial charge in [0.25, 0.3) is 0 Å². The maximum atomic E-state index is 12.0. The summed E-state index contributed by atoms with van der Waals surface area (Å²) in [5, 5.41) is 0. The van der Waals surface area contributed by atoms with Gasteiger partial charge in [-0.3, -0.25) is 4.79 Å². The Balaban J connectivity index is 1.57. The average molecular weight is 317 g/mol. The highest BCUT2D eigenvalue weighted by atomic mass is 16.2. The summed E-state index contributed by atoms with van der Waals surface area (Å²) in [4.78, 5) is 27.4. The lowest BCUT2D eigenvalue weighted by molar-refractivity contribution is -0.133. The summed E-state index contributed by atoms with van der Waals surface area (Å²) >= 11 is 0. The standard InChI is InChI=1S/C17H27N5O/c1-20(2)16(23)14-6-10-21(11-7-14)15-12-18-17(19-13-15)22-8-4-3-5-9-22/h12-14H,3-11H2,1-2H3. The first-order chi connectivity index (χ1) is 11.1. The lowest BCUT2D eigenvalue weighted by atomic mass is 9.95. The second-order valence-corrected chi connectivity index (χ2v) is 6.78. The van der Waals surface area contributed by atoms with E-state index < -0.39 is 0 Å². The van der Waals surface area contributed by atoms with E-state index >= 15 is 0 Å². The molecule has 2 aliphatic heterocycles. The fourth-order valence-electron chi connectivity index (χ4n) is 3.48. The van der Waals surface area contributed by atoms with Crippen molar-refractivity contribution in [2.75, 3.05) is 50.1 Å². The van der Waals surface area contributed by atoms with Gasteiger partial charge in [0.2, 0.25) is 11.9 Å². The number of nitrogens with zero attached hydrogens (tertiary/aromatic N) is 5. The third-order valence-corrected chi connectivity index (χ3v) is 4.91. The maximum Gasteiger partial charge on any atom is 0.225 e. The quantitative estimate of drug-likeness (QED) is 0.850. The number of carbonyl (C=O) groups is 1. The van der Waals surface area contributed by atoms with Crippen molar-refractivity contribution in [2.24, 2.45) is 5.92 Å². The van der Waals surface area contributed by atoms with Gasteiger partial charge in [-0.25, -0.2) is 9.97 Å². The minimum Gasteiger partial charge on any atom is -0.369 e. The molecule has 0 spiro atoms. The average Bonchev–Trinajstić information content (AvgIpc) is 2.62. The van der Waals surface area contributed by atoms with Crippen molar-refractivity contribution in [1.82, 2.24) is 14.9 Å². The van der Waals surface area contributed by atoms with Crippen molar-refractivity contribution in [2.45, 2.75) is 32.1 Å². The van der Waals surface area contributed by atoms with Gasteiger partial charge in [0.05, 0.1) is 18.1 Å². The number of piperidine rings is 2. The van der Waals surface area contributed by atoms with Gasteiger partial charge in [-0.15, -0.1) is 0 Å². The van der Waals surface area contributed by atoms with Crippen molar-refractivity contribution < 1.29 is 4.79 Å². The van der Waals surface area contributed by atoms with Gasteiger partial charge in [-0.1, -0.05) is 0 Å². The van der Waals surface area contributed by atoms with Gasteiger partial charge in [-0.2, -0.15) is 0 Å². The highest BCUT2D eigenvalue weighted by Crippen LogP contribution is 2.24. The molecule has 2 fully saturated rings. The maximum absolute atomic E-state index is 12.0. The Morgan fingerprint density at radius 3 is 2.17 bits per heavy atom. The number of carbonyl (C=O) groups excluding carboxylic acids is 1. The third kappa shape index (κ3) is 3.74. The van der Waals surface area contributed by atoms with E-state index in [1.165, 1.54) is 19.3 Å². The molecule has 1 aromatic heterocycles. The molecule has 0 aromatic carbocycles. The van der Waals surface area contributed by atoms with Crippen LogP contribution in [0.4, 0.5) is 11.6 Å². The van der Waals surface area contributed by atoms with E-state index in [2.05, 4.69) is 19.8 Å². The van der Waals surface area contributed by atoms with Gasteiger partial charge in [0.1, 0.15) is 0 Å². The molecule has 1 aromatic rings. The fourth-order valence-corrected chi connectivity index (χ4v) is 3.48. The molecule has 3 rings (SSSR count). The second kappa shape index (κ2) is 7.15. The second-order valence-electron chi connectivity index (χ2n) is 6.78. The van der Waals surface area contributed by atoms with E-state index in [-0.39, 0.29) is 11.8 Å². The smallest absolute Gasteiger partial charge is 0.225 e. The highest BCUT2D eigenvalue weighted by molar-refractivity contribution is 5.78. The van der Waals surface area contributed by atoms with Crippen LogP contribution in [-0.2, 0) is 4.79 Å². The monoisotopic (exact) mass is 317 g/mol. The molecule has 0 aliphatic carbocycles. The first kappa shape index (κ1) is 16.0. The summed E-state index contributed by atoms with van der Waals surface area (Å²) < 4.78 is 0. The Morgan fingerprint density at radius 1 is 1.00 bits per heavy atom. The SMILES string of the molecule is CN(C)C(=O)C1CCN(c2cnc(N3CCCCC3)nc2)CC1. The first-order valence-electron chi connectivity index (χ1n) is 8.68. The zero-order chi connectivity index (χ0) is 16.2. The first-order valence-corrected chi connectivity index (χ1v) is 8.68. The Bertz CT molecular complexity index is 516. The number of rotatable bonds is 3. The topological polar surface area (TPSA) is 52.6 Å². The summed E-state index contributed by atoms with van der Waals surface area (Å²) in [6, 6.07) is 0. The summed E-state index contributed by atoms with van der Waals surface area (Å²) in [7, 11) is 3.67. The van der Waals surface area contributed by atoms with Crippen molar-refractivity contribution >= 4 is 17.5 Å². The van der Waals surface area contributed by atoms with Crippen LogP contribution in [0.3, 0.4) is 0 Å². The Hall–Kier alpha value is -1.85. The summed E-state index contributed by atoms with van der Waals surface area (Å²) in [5.74, 6) is 1.27. The van der Waals surface area contributed by atoms with E-state index in [1.54, 1.807) is 4.90 Å². The molecular formula is C17H27N5O. The van der Waals surface area contributed by atoms with E-state index in [9.17, 15) is 4.79 Å². The Labute approximate surface area is 138 Å². The van der Waals surface area contributed by atoms with E-state index in [0.717, 1.165) is 50.7 Å². The van der Waals surface area contributed by atoms with E-state index in [4.69, 9.17) is 0 Å². The molecule has 1 amide bonds. The zero-order valence-electron chi connectivity index (χ0n) is 14.2. The van der Waals surface area contributed by atoms with Gasteiger partial charge < -0.3 is 14.7 Å². The van der Waals surface area contributed by atoms with Crippen LogP contribution in [0.5, 0.6) is 0 Å². The number of hydrogen-bond acceptors (Lipinski definition) is 5. The van der Waals surface area contributed by atoms with Crippen molar-refractivity contribution in [3.8, 4) is 0 Å². The molecule has 0 bridgehead atoms. The van der Waals surface area contributed by atoms with Gasteiger partial charge in [-0.05, 0) is 32.1 Å². The molecule has 0 N–H and O–H groups in total. The molecule has 0 saturated carbocycles. The van der Waals surface area contributed by atoms with Gasteiger partial charge in [0.15, 0.2) is 0 Å². The van der Waals surface area contributed by atoms with Crippen LogP contribution in [0.2, 0.25) is 0 Å². The van der Waals surface area contributed by atoms with E-state index in [1.807, 2.05) is 26.5 Å². The molecule has 0 unspecified atom stereocenters. The molecule has 0 radical (unpaired) electrons. The minimum absolute atomic E-state index is 0.162. The van der Waals surface area contributed by atoms with Crippen LogP contribution in [-0.4, -0.2) is 61.0 Å². The predicted molar refractivity (Wildman–Crippen MR) is 91.7 cm³/mol. The zero-order valence-corrected chi connectivity index (χ0v) is 14.2. The van der Waals surface area contributed by atoms with E-state index in [0.29, 0.717) is 0 Å². The summed E-state index contributed by atoms with van der Waals surface area (Å²) in [5.41, 5.74) is 1.07. The van der Waals surface area contributed by atoms with Crippen LogP contribution >= 0.6 is 0 Å². The van der Waals surface area contributed by atoms with Crippen LogP contribution in [0.25, 0.3) is 0 Å². The normalized spacial score (nSPS) is 19.7. The van der Waals surface area contributed by atoms with Crippen molar-refractivity contribution in [3.05, 3.63) is 12.4 Å². The molecule has 0 atom stereocenters. The molecular weight excluding hydrogens is 290 g/mol. The number of anilines is 2. The van der Waals surface area contributed by atoms with Gasteiger partial charge in [0, 0.05) is 46.2 Å². The fraction of sp³-hybridized carbons (Fsp3) is 0.706. The molecule has 2 saturated heterocycles. The third-order valence-electron chi connectivity index (χ3n) is 4.91. The largest absolute Gasteiger partial charge is 0.369 e. The van der Waals surface area contributed by atoms with Crippen LogP contribution in [0.15, 0.2) is 12.4 Å². The molecule has 2 aliphatic rings. The Kier molecular flexibility index (Phi) is 4.98. The lowest BCUT2D eigenvalue weighted by Gasteiger charge is -2.34. The molecule has 3 heterocycles.